The Morgan fingerprint density at radius 3 is 2.21 bits per heavy atom. The summed E-state index contributed by atoms with van der Waals surface area (Å²) in [6.07, 6.45) is -3.27. The van der Waals surface area contributed by atoms with Gasteiger partial charge >= 0.3 is 6.18 Å². The molecule has 5 heteroatoms. The molecule has 0 aliphatic carbocycles. The lowest BCUT2D eigenvalue weighted by atomic mass is 10.0. The number of ether oxygens (including phenoxy) is 1. The van der Waals surface area contributed by atoms with Crippen LogP contribution in [0.4, 0.5) is 17.6 Å². The summed E-state index contributed by atoms with van der Waals surface area (Å²) in [4.78, 5) is 0. The van der Waals surface area contributed by atoms with Crippen molar-refractivity contribution in [3.63, 3.8) is 0 Å². The van der Waals surface area contributed by atoms with E-state index in [1.807, 2.05) is 24.3 Å². The minimum absolute atomic E-state index is 0.0245. The lowest BCUT2D eigenvalue weighted by Crippen LogP contribution is -2.10. The standard InChI is InChI=1S/C19H20F4O/c1-2-4-14-5-7-15(8-6-14)16-9-10-18(17(20)13-16)24-12-3-11-19(21,22)23/h5-10,13H,2-4,11-12H2,1H3. The summed E-state index contributed by atoms with van der Waals surface area (Å²) >= 11 is 0. The van der Waals surface area contributed by atoms with Gasteiger partial charge in [-0.25, -0.2) is 4.39 Å². The highest BCUT2D eigenvalue weighted by atomic mass is 19.4. The van der Waals surface area contributed by atoms with Crippen LogP contribution in [0.15, 0.2) is 42.5 Å². The Morgan fingerprint density at radius 2 is 1.62 bits per heavy atom. The SMILES string of the molecule is CCCc1ccc(-c2ccc(OCCCC(F)(F)F)c(F)c2)cc1. The van der Waals surface area contributed by atoms with Crippen molar-refractivity contribution in [3.05, 3.63) is 53.8 Å². The van der Waals surface area contributed by atoms with Crippen molar-refractivity contribution in [2.75, 3.05) is 6.61 Å². The van der Waals surface area contributed by atoms with E-state index in [1.54, 1.807) is 6.07 Å². The Hall–Kier alpha value is -2.04. The van der Waals surface area contributed by atoms with E-state index in [0.29, 0.717) is 5.56 Å². The third kappa shape index (κ3) is 5.55. The molecule has 2 rings (SSSR count). The summed E-state index contributed by atoms with van der Waals surface area (Å²) in [6, 6.07) is 12.4. The van der Waals surface area contributed by atoms with Gasteiger partial charge in [-0.1, -0.05) is 43.7 Å². The lowest BCUT2D eigenvalue weighted by molar-refractivity contribution is -0.136. The van der Waals surface area contributed by atoms with E-state index < -0.39 is 18.4 Å². The molecule has 0 aliphatic heterocycles. The number of rotatable bonds is 7. The molecule has 0 N–H and O–H groups in total. The number of alkyl halides is 3. The van der Waals surface area contributed by atoms with E-state index in [9.17, 15) is 17.6 Å². The van der Waals surface area contributed by atoms with E-state index >= 15 is 0 Å². The third-order valence-corrected chi connectivity index (χ3v) is 3.62. The second-order valence-corrected chi connectivity index (χ2v) is 5.66. The van der Waals surface area contributed by atoms with Crippen molar-refractivity contribution in [3.8, 4) is 16.9 Å². The monoisotopic (exact) mass is 340 g/mol. The van der Waals surface area contributed by atoms with Gasteiger partial charge < -0.3 is 4.74 Å². The van der Waals surface area contributed by atoms with Gasteiger partial charge in [-0.05, 0) is 41.7 Å². The molecule has 2 aromatic carbocycles. The maximum absolute atomic E-state index is 14.0. The average Bonchev–Trinajstić information content (AvgIpc) is 2.53. The van der Waals surface area contributed by atoms with Gasteiger partial charge in [0, 0.05) is 6.42 Å². The fourth-order valence-electron chi connectivity index (χ4n) is 2.40. The summed E-state index contributed by atoms with van der Waals surface area (Å²) < 4.78 is 55.3. The van der Waals surface area contributed by atoms with Crippen molar-refractivity contribution in [2.24, 2.45) is 0 Å². The third-order valence-electron chi connectivity index (χ3n) is 3.62. The molecule has 0 aliphatic rings. The molecule has 24 heavy (non-hydrogen) atoms. The van der Waals surface area contributed by atoms with Crippen LogP contribution in [0.25, 0.3) is 11.1 Å². The minimum Gasteiger partial charge on any atom is -0.491 e. The predicted molar refractivity (Wildman–Crippen MR) is 86.6 cm³/mol. The first-order chi connectivity index (χ1) is 11.4. The molecule has 0 radical (unpaired) electrons. The van der Waals surface area contributed by atoms with Crippen LogP contribution in [0.3, 0.4) is 0 Å². The number of hydrogen-bond donors (Lipinski definition) is 0. The second kappa shape index (κ2) is 8.18. The van der Waals surface area contributed by atoms with Crippen molar-refractivity contribution in [2.45, 2.75) is 38.8 Å². The molecule has 0 fully saturated rings. The Bertz CT molecular complexity index is 647. The molecule has 0 heterocycles. The maximum atomic E-state index is 14.0. The van der Waals surface area contributed by atoms with Crippen LogP contribution in [-0.2, 0) is 6.42 Å². The number of aryl methyl sites for hydroxylation is 1. The first kappa shape index (κ1) is 18.3. The highest BCUT2D eigenvalue weighted by Gasteiger charge is 2.26. The van der Waals surface area contributed by atoms with E-state index in [1.165, 1.54) is 17.7 Å². The number of hydrogen-bond acceptors (Lipinski definition) is 1. The Kier molecular flexibility index (Phi) is 6.23. The largest absolute Gasteiger partial charge is 0.491 e. The van der Waals surface area contributed by atoms with Crippen LogP contribution in [-0.4, -0.2) is 12.8 Å². The average molecular weight is 340 g/mol. The highest BCUT2D eigenvalue weighted by molar-refractivity contribution is 5.64. The zero-order valence-corrected chi connectivity index (χ0v) is 13.5. The lowest BCUT2D eigenvalue weighted by Gasteiger charge is -2.10. The second-order valence-electron chi connectivity index (χ2n) is 5.66. The van der Waals surface area contributed by atoms with Crippen molar-refractivity contribution in [1.29, 1.82) is 0 Å². The van der Waals surface area contributed by atoms with Crippen LogP contribution in [0.2, 0.25) is 0 Å². The molecule has 0 bridgehead atoms. The first-order valence-electron chi connectivity index (χ1n) is 7.97. The predicted octanol–water partition coefficient (Wildman–Crippen LogP) is 6.17. The van der Waals surface area contributed by atoms with Crippen LogP contribution in [0.5, 0.6) is 5.75 Å². The summed E-state index contributed by atoms with van der Waals surface area (Å²) in [5, 5.41) is 0. The van der Waals surface area contributed by atoms with Crippen molar-refractivity contribution in [1.82, 2.24) is 0 Å². The van der Waals surface area contributed by atoms with Crippen LogP contribution in [0, 0.1) is 5.82 Å². The number of benzene rings is 2. The molecule has 0 aromatic heterocycles. The van der Waals surface area contributed by atoms with Gasteiger partial charge in [0.1, 0.15) is 0 Å². The summed E-state index contributed by atoms with van der Waals surface area (Å²) in [6.45, 7) is 1.94. The van der Waals surface area contributed by atoms with Gasteiger partial charge in [0.2, 0.25) is 0 Å². The summed E-state index contributed by atoms with van der Waals surface area (Å²) in [5.74, 6) is -0.597. The minimum atomic E-state index is -4.21. The van der Waals surface area contributed by atoms with Crippen molar-refractivity contribution < 1.29 is 22.3 Å². The molecule has 130 valence electrons. The summed E-state index contributed by atoms with van der Waals surface area (Å²) in [5.41, 5.74) is 2.82. The molecule has 0 unspecified atom stereocenters. The normalized spacial score (nSPS) is 11.5. The molecule has 0 spiro atoms. The van der Waals surface area contributed by atoms with E-state index in [0.717, 1.165) is 18.4 Å². The summed E-state index contributed by atoms with van der Waals surface area (Å²) in [7, 11) is 0. The fraction of sp³-hybridized carbons (Fsp3) is 0.368. The van der Waals surface area contributed by atoms with E-state index in [4.69, 9.17) is 4.74 Å². The molecular weight excluding hydrogens is 320 g/mol. The molecule has 2 aromatic rings. The molecule has 0 saturated carbocycles. The van der Waals surface area contributed by atoms with Gasteiger partial charge in [-0.2, -0.15) is 13.2 Å². The molecule has 0 amide bonds. The smallest absolute Gasteiger partial charge is 0.389 e. The number of halogens is 4. The molecule has 1 nitrogen and oxygen atoms in total. The maximum Gasteiger partial charge on any atom is 0.389 e. The Balaban J connectivity index is 1.98. The Morgan fingerprint density at radius 1 is 0.958 bits per heavy atom. The highest BCUT2D eigenvalue weighted by Crippen LogP contribution is 2.27. The first-order valence-corrected chi connectivity index (χ1v) is 7.97. The van der Waals surface area contributed by atoms with Gasteiger partial charge in [-0.15, -0.1) is 0 Å². The quantitative estimate of drug-likeness (QED) is 0.433. The topological polar surface area (TPSA) is 9.23 Å². The Labute approximate surface area is 139 Å². The van der Waals surface area contributed by atoms with Gasteiger partial charge in [0.15, 0.2) is 11.6 Å². The van der Waals surface area contributed by atoms with Crippen LogP contribution < -0.4 is 4.74 Å². The molecular formula is C19H20F4O. The van der Waals surface area contributed by atoms with Gasteiger partial charge in [0.25, 0.3) is 0 Å². The zero-order chi connectivity index (χ0) is 17.6. The zero-order valence-electron chi connectivity index (χ0n) is 13.5. The van der Waals surface area contributed by atoms with Crippen LogP contribution >= 0.6 is 0 Å². The van der Waals surface area contributed by atoms with E-state index in [-0.39, 0.29) is 18.8 Å². The van der Waals surface area contributed by atoms with Crippen LogP contribution in [0.1, 0.15) is 31.7 Å². The van der Waals surface area contributed by atoms with Gasteiger partial charge in [-0.3, -0.25) is 0 Å². The van der Waals surface area contributed by atoms with E-state index in [2.05, 4.69) is 6.92 Å². The van der Waals surface area contributed by atoms with Crippen molar-refractivity contribution >= 4 is 0 Å². The molecule has 0 atom stereocenters. The fourth-order valence-corrected chi connectivity index (χ4v) is 2.40. The van der Waals surface area contributed by atoms with Gasteiger partial charge in [0.05, 0.1) is 6.61 Å². The molecule has 0 saturated heterocycles.